The van der Waals surface area contributed by atoms with Crippen LogP contribution in [-0.4, -0.2) is 54.0 Å². The number of hydrogen-bond donors (Lipinski definition) is 1. The van der Waals surface area contributed by atoms with Crippen LogP contribution in [0.2, 0.25) is 0 Å². The van der Waals surface area contributed by atoms with Gasteiger partial charge in [-0.25, -0.2) is 4.68 Å². The lowest BCUT2D eigenvalue weighted by Crippen LogP contribution is -2.47. The van der Waals surface area contributed by atoms with Crippen LogP contribution in [0.4, 0.5) is 10.8 Å². The van der Waals surface area contributed by atoms with Crippen molar-refractivity contribution in [2.24, 2.45) is 0 Å². The average Bonchev–Trinajstić information content (AvgIpc) is 3.01. The van der Waals surface area contributed by atoms with Crippen molar-refractivity contribution in [3.8, 4) is 5.75 Å². The predicted molar refractivity (Wildman–Crippen MR) is 111 cm³/mol. The fourth-order valence-electron chi connectivity index (χ4n) is 3.01. The lowest BCUT2D eigenvalue weighted by molar-refractivity contribution is 0.195. The minimum absolute atomic E-state index is 0.688. The third kappa shape index (κ3) is 4.75. The summed E-state index contributed by atoms with van der Waals surface area (Å²) < 4.78 is 8.53. The molecule has 6 nitrogen and oxygen atoms in total. The quantitative estimate of drug-likeness (QED) is 0.691. The Balaban J connectivity index is 1.58. The Morgan fingerprint density at radius 3 is 2.69 bits per heavy atom. The summed E-state index contributed by atoms with van der Waals surface area (Å²) in [4.78, 5) is 4.80. The van der Waals surface area contributed by atoms with Gasteiger partial charge in [-0.05, 0) is 37.7 Å². The van der Waals surface area contributed by atoms with E-state index in [2.05, 4.69) is 39.3 Å². The number of rotatable bonds is 8. The first kappa shape index (κ1) is 19.1. The van der Waals surface area contributed by atoms with E-state index >= 15 is 0 Å². The zero-order valence-corrected chi connectivity index (χ0v) is 17.1. The molecule has 1 aromatic carbocycles. The summed E-state index contributed by atoms with van der Waals surface area (Å²) in [5.41, 5.74) is 1.19. The highest BCUT2D eigenvalue weighted by molar-refractivity contribution is 7.73. The van der Waals surface area contributed by atoms with Crippen molar-refractivity contribution < 1.29 is 4.74 Å². The molecule has 1 aromatic heterocycles. The molecule has 3 rings (SSSR count). The smallest absolute Gasteiger partial charge is 0.204 e. The van der Waals surface area contributed by atoms with Gasteiger partial charge >= 0.3 is 0 Å². The largest absolute Gasteiger partial charge is 0.492 e. The molecule has 1 aliphatic rings. The highest BCUT2D eigenvalue weighted by Gasteiger charge is 2.20. The Kier molecular flexibility index (Phi) is 6.87. The van der Waals surface area contributed by atoms with Crippen molar-refractivity contribution in [2.45, 2.75) is 26.9 Å². The molecule has 1 saturated heterocycles. The van der Waals surface area contributed by atoms with Crippen LogP contribution in [0.1, 0.15) is 20.3 Å². The van der Waals surface area contributed by atoms with Gasteiger partial charge in [0.15, 0.2) is 3.95 Å². The Bertz CT molecular complexity index is 752. The van der Waals surface area contributed by atoms with E-state index in [1.54, 1.807) is 11.3 Å². The number of piperazine rings is 1. The molecular weight excluding hydrogens is 366 g/mol. The van der Waals surface area contributed by atoms with E-state index in [9.17, 15) is 0 Å². The van der Waals surface area contributed by atoms with Gasteiger partial charge < -0.3 is 15.0 Å². The van der Waals surface area contributed by atoms with Crippen LogP contribution in [0.5, 0.6) is 5.75 Å². The third-order valence-corrected chi connectivity index (χ3v) is 5.61. The second kappa shape index (κ2) is 9.34. The van der Waals surface area contributed by atoms with Crippen molar-refractivity contribution in [3.63, 3.8) is 0 Å². The molecule has 0 amide bonds. The topological polar surface area (TPSA) is 45.6 Å². The normalized spacial score (nSPS) is 15.2. The standard InChI is InChI=1S/C18H27N5OS2/c1-3-9-19-17-20-23(18(25)26-17)14-21-10-12-22(13-11-21)15-7-5-6-8-16(15)24-4-2/h5-8H,3-4,9-14H2,1-2H3,(H,19,20). The second-order valence-corrected chi connectivity index (χ2v) is 7.87. The van der Waals surface area contributed by atoms with Crippen LogP contribution in [0.25, 0.3) is 0 Å². The second-order valence-electron chi connectivity index (χ2n) is 6.25. The Labute approximate surface area is 164 Å². The molecule has 1 fully saturated rings. The summed E-state index contributed by atoms with van der Waals surface area (Å²) >= 11 is 7.01. The van der Waals surface area contributed by atoms with Crippen LogP contribution < -0.4 is 15.0 Å². The van der Waals surface area contributed by atoms with Crippen LogP contribution in [-0.2, 0) is 6.67 Å². The Hall–Kier alpha value is -1.64. The summed E-state index contributed by atoms with van der Waals surface area (Å²) in [6.45, 7) is 10.5. The molecular formula is C18H27N5OS2. The predicted octanol–water partition coefficient (Wildman–Crippen LogP) is 3.67. The maximum atomic E-state index is 5.77. The van der Waals surface area contributed by atoms with E-state index in [1.807, 2.05) is 23.7 Å². The van der Waals surface area contributed by atoms with Crippen molar-refractivity contribution in [3.05, 3.63) is 28.2 Å². The summed E-state index contributed by atoms with van der Waals surface area (Å²) in [5.74, 6) is 0.969. The highest BCUT2D eigenvalue weighted by Crippen LogP contribution is 2.29. The summed E-state index contributed by atoms with van der Waals surface area (Å²) in [7, 11) is 0. The van der Waals surface area contributed by atoms with E-state index in [4.69, 9.17) is 17.0 Å². The SMILES string of the molecule is CCCNc1nn(CN2CCN(c3ccccc3OCC)CC2)c(=S)s1. The summed E-state index contributed by atoms with van der Waals surface area (Å²) in [6.07, 6.45) is 1.08. The van der Waals surface area contributed by atoms with Gasteiger partial charge in [0.25, 0.3) is 0 Å². The number of hydrogen-bond acceptors (Lipinski definition) is 7. The zero-order valence-electron chi connectivity index (χ0n) is 15.5. The van der Waals surface area contributed by atoms with Gasteiger partial charge in [-0.1, -0.05) is 30.4 Å². The van der Waals surface area contributed by atoms with Crippen molar-refractivity contribution in [2.75, 3.05) is 49.5 Å². The maximum Gasteiger partial charge on any atom is 0.204 e. The lowest BCUT2D eigenvalue weighted by atomic mass is 10.2. The van der Waals surface area contributed by atoms with Crippen LogP contribution in [0, 0.1) is 3.95 Å². The first-order valence-corrected chi connectivity index (χ1v) is 10.4. The fraction of sp³-hybridized carbons (Fsp3) is 0.556. The number of ether oxygens (including phenoxy) is 1. The molecule has 0 unspecified atom stereocenters. The number of para-hydroxylation sites is 2. The molecule has 0 aliphatic carbocycles. The van der Waals surface area contributed by atoms with Gasteiger partial charge in [-0.3, -0.25) is 4.90 Å². The van der Waals surface area contributed by atoms with Crippen LogP contribution >= 0.6 is 23.6 Å². The molecule has 142 valence electrons. The number of nitrogens with zero attached hydrogens (tertiary/aromatic N) is 4. The minimum Gasteiger partial charge on any atom is -0.492 e. The van der Waals surface area contributed by atoms with Crippen molar-refractivity contribution in [1.29, 1.82) is 0 Å². The van der Waals surface area contributed by atoms with Gasteiger partial charge in [0.2, 0.25) is 5.13 Å². The number of benzene rings is 1. The van der Waals surface area contributed by atoms with E-state index in [-0.39, 0.29) is 0 Å². The molecule has 0 spiro atoms. The van der Waals surface area contributed by atoms with Gasteiger partial charge in [-0.2, -0.15) is 0 Å². The first-order valence-electron chi connectivity index (χ1n) is 9.22. The Morgan fingerprint density at radius 2 is 1.96 bits per heavy atom. The van der Waals surface area contributed by atoms with Gasteiger partial charge in [-0.15, -0.1) is 5.10 Å². The highest BCUT2D eigenvalue weighted by atomic mass is 32.1. The van der Waals surface area contributed by atoms with Crippen LogP contribution in [0.3, 0.4) is 0 Å². The first-order chi connectivity index (χ1) is 12.7. The summed E-state index contributed by atoms with van der Waals surface area (Å²) in [5, 5.41) is 8.84. The average molecular weight is 394 g/mol. The van der Waals surface area contributed by atoms with E-state index < -0.39 is 0 Å². The monoisotopic (exact) mass is 393 g/mol. The van der Waals surface area contributed by atoms with E-state index in [0.717, 1.165) is 60.6 Å². The van der Waals surface area contributed by atoms with Crippen LogP contribution in [0.15, 0.2) is 24.3 Å². The molecule has 26 heavy (non-hydrogen) atoms. The van der Waals surface area contributed by atoms with Gasteiger partial charge in [0.05, 0.1) is 19.0 Å². The number of anilines is 2. The van der Waals surface area contributed by atoms with E-state index in [1.165, 1.54) is 5.69 Å². The fourth-order valence-corrected chi connectivity index (χ4v) is 4.03. The number of nitrogens with one attached hydrogen (secondary N) is 1. The molecule has 0 saturated carbocycles. The third-order valence-electron chi connectivity index (χ3n) is 4.34. The van der Waals surface area contributed by atoms with Crippen molar-refractivity contribution >= 4 is 34.4 Å². The molecule has 1 N–H and O–H groups in total. The zero-order chi connectivity index (χ0) is 18.4. The maximum absolute atomic E-state index is 5.77. The molecule has 0 bridgehead atoms. The molecule has 0 atom stereocenters. The molecule has 0 radical (unpaired) electrons. The van der Waals surface area contributed by atoms with Gasteiger partial charge in [0.1, 0.15) is 5.75 Å². The summed E-state index contributed by atoms with van der Waals surface area (Å²) in [6, 6.07) is 8.29. The molecule has 2 heterocycles. The molecule has 8 heteroatoms. The van der Waals surface area contributed by atoms with Gasteiger partial charge in [0, 0.05) is 32.7 Å². The minimum atomic E-state index is 0.688. The van der Waals surface area contributed by atoms with Crippen molar-refractivity contribution in [1.82, 2.24) is 14.7 Å². The van der Waals surface area contributed by atoms with E-state index in [0.29, 0.717) is 6.61 Å². The number of aromatic nitrogens is 2. The molecule has 2 aromatic rings. The Morgan fingerprint density at radius 1 is 1.19 bits per heavy atom. The lowest BCUT2D eigenvalue weighted by Gasteiger charge is -2.36. The molecule has 1 aliphatic heterocycles.